The van der Waals surface area contributed by atoms with E-state index >= 15 is 0 Å². The standard InChI is InChI=1S/C26H33ClF2N4/c1-17-11-22(26(28)29)21(20-15-30-33(4)16-20)14-19(17)8-6-5-7-18-12-23(27)25-24(13-18)31(2)9-10-32(25)3/h11-13,15-16,21,26H,5-10,14H2,1-4H3. The molecule has 0 amide bonds. The number of benzene rings is 1. The Morgan fingerprint density at radius 3 is 2.52 bits per heavy atom. The van der Waals surface area contributed by atoms with Crippen LogP contribution in [-0.4, -0.2) is 43.4 Å². The summed E-state index contributed by atoms with van der Waals surface area (Å²) in [5.74, 6) is -0.288. The summed E-state index contributed by atoms with van der Waals surface area (Å²) in [5.41, 5.74) is 6.91. The molecule has 1 aromatic heterocycles. The van der Waals surface area contributed by atoms with Gasteiger partial charge < -0.3 is 9.80 Å². The van der Waals surface area contributed by atoms with Crippen molar-refractivity contribution >= 4 is 23.0 Å². The zero-order valence-corrected chi connectivity index (χ0v) is 20.7. The topological polar surface area (TPSA) is 24.3 Å². The van der Waals surface area contributed by atoms with Crippen LogP contribution in [0.15, 0.2) is 47.3 Å². The Kier molecular flexibility index (Phi) is 7.13. The highest BCUT2D eigenvalue weighted by Crippen LogP contribution is 2.42. The number of anilines is 2. The predicted octanol–water partition coefficient (Wildman–Crippen LogP) is 6.37. The summed E-state index contributed by atoms with van der Waals surface area (Å²) in [4.78, 5) is 4.49. The van der Waals surface area contributed by atoms with Gasteiger partial charge in [0.2, 0.25) is 0 Å². The molecule has 1 aliphatic carbocycles. The number of halogens is 3. The SMILES string of the molecule is CC1=C(CCCCc2cc(Cl)c3c(c2)N(C)CCN3C)CC(c2cnn(C)c2)C(C(F)F)=C1. The van der Waals surface area contributed by atoms with Crippen LogP contribution >= 0.6 is 11.6 Å². The number of fused-ring (bicyclic) bond motifs is 1. The Bertz CT molecular complexity index is 1070. The molecule has 0 saturated heterocycles. The summed E-state index contributed by atoms with van der Waals surface area (Å²) in [5, 5.41) is 5.01. The Hall–Kier alpha value is -2.34. The van der Waals surface area contributed by atoms with E-state index in [4.69, 9.17) is 11.6 Å². The highest BCUT2D eigenvalue weighted by Gasteiger charge is 2.29. The minimum Gasteiger partial charge on any atom is -0.371 e. The number of likely N-dealkylation sites (N-methyl/N-ethyl adjacent to an activating group) is 2. The van der Waals surface area contributed by atoms with E-state index in [9.17, 15) is 8.78 Å². The normalized spacial score (nSPS) is 18.8. The van der Waals surface area contributed by atoms with Crippen molar-refractivity contribution in [3.63, 3.8) is 0 Å². The molecular weight excluding hydrogens is 442 g/mol. The van der Waals surface area contributed by atoms with Crippen molar-refractivity contribution in [2.24, 2.45) is 7.05 Å². The average Bonchev–Trinajstić information content (AvgIpc) is 3.20. The molecule has 1 aliphatic heterocycles. The number of hydrogen-bond donors (Lipinski definition) is 0. The summed E-state index contributed by atoms with van der Waals surface area (Å²) in [6.07, 6.45) is 7.42. The summed E-state index contributed by atoms with van der Waals surface area (Å²) >= 11 is 6.63. The van der Waals surface area contributed by atoms with Crippen LogP contribution in [0.5, 0.6) is 0 Å². The zero-order chi connectivity index (χ0) is 23.7. The van der Waals surface area contributed by atoms with Gasteiger partial charge in [-0.1, -0.05) is 28.8 Å². The Morgan fingerprint density at radius 1 is 1.09 bits per heavy atom. The second-order valence-corrected chi connectivity index (χ2v) is 9.84. The Balaban J connectivity index is 1.41. The molecule has 2 heterocycles. The Labute approximate surface area is 200 Å². The van der Waals surface area contributed by atoms with E-state index < -0.39 is 6.43 Å². The van der Waals surface area contributed by atoms with Crippen LogP contribution in [0.1, 0.15) is 49.7 Å². The van der Waals surface area contributed by atoms with Crippen molar-refractivity contribution in [2.45, 2.75) is 51.4 Å². The number of unbranched alkanes of at least 4 members (excludes halogenated alkanes) is 1. The molecule has 178 valence electrons. The van der Waals surface area contributed by atoms with E-state index in [1.807, 2.05) is 20.2 Å². The fraction of sp³-hybridized carbons (Fsp3) is 0.500. The molecule has 1 unspecified atom stereocenters. The third kappa shape index (κ3) is 5.11. The lowest BCUT2D eigenvalue weighted by Gasteiger charge is -2.35. The van der Waals surface area contributed by atoms with E-state index in [2.05, 4.69) is 41.1 Å². The molecule has 7 heteroatoms. The molecule has 2 aliphatic rings. The van der Waals surface area contributed by atoms with Crippen molar-refractivity contribution in [1.82, 2.24) is 9.78 Å². The third-order valence-corrected chi connectivity index (χ3v) is 7.32. The number of allylic oxidation sites excluding steroid dienone is 4. The molecule has 1 atom stereocenters. The number of aromatic nitrogens is 2. The van der Waals surface area contributed by atoms with E-state index in [0.717, 1.165) is 60.6 Å². The molecule has 0 bridgehead atoms. The van der Waals surface area contributed by atoms with Crippen LogP contribution in [0.2, 0.25) is 5.02 Å². The maximum absolute atomic E-state index is 13.7. The molecule has 2 aromatic rings. The first-order valence-corrected chi connectivity index (χ1v) is 12.0. The van der Waals surface area contributed by atoms with Crippen LogP contribution in [0.4, 0.5) is 20.2 Å². The van der Waals surface area contributed by atoms with Gasteiger partial charge in [-0.3, -0.25) is 4.68 Å². The van der Waals surface area contributed by atoms with Gasteiger partial charge in [-0.25, -0.2) is 8.78 Å². The molecule has 33 heavy (non-hydrogen) atoms. The highest BCUT2D eigenvalue weighted by atomic mass is 35.5. The molecule has 1 aromatic carbocycles. The molecule has 4 rings (SSSR count). The Morgan fingerprint density at radius 2 is 1.82 bits per heavy atom. The summed E-state index contributed by atoms with van der Waals surface area (Å²) in [7, 11) is 6.03. The number of nitrogens with zero attached hydrogens (tertiary/aromatic N) is 4. The number of hydrogen-bond acceptors (Lipinski definition) is 3. The van der Waals surface area contributed by atoms with E-state index in [1.165, 1.54) is 16.8 Å². The van der Waals surface area contributed by atoms with E-state index in [-0.39, 0.29) is 11.5 Å². The minimum absolute atomic E-state index is 0.210. The van der Waals surface area contributed by atoms with Gasteiger partial charge in [-0.05, 0) is 62.3 Å². The lowest BCUT2D eigenvalue weighted by molar-refractivity contribution is 0.180. The lowest BCUT2D eigenvalue weighted by Crippen LogP contribution is -2.37. The van der Waals surface area contributed by atoms with Crippen LogP contribution in [0.3, 0.4) is 0 Å². The van der Waals surface area contributed by atoms with Crippen molar-refractivity contribution in [2.75, 3.05) is 37.0 Å². The first kappa shape index (κ1) is 23.8. The molecule has 0 fully saturated rings. The van der Waals surface area contributed by atoms with Gasteiger partial charge in [-0.2, -0.15) is 5.10 Å². The fourth-order valence-corrected chi connectivity index (χ4v) is 5.46. The van der Waals surface area contributed by atoms with Crippen LogP contribution in [-0.2, 0) is 13.5 Å². The summed E-state index contributed by atoms with van der Waals surface area (Å²) in [6, 6.07) is 4.36. The largest absolute Gasteiger partial charge is 0.371 e. The molecule has 0 radical (unpaired) electrons. The molecule has 4 nitrogen and oxygen atoms in total. The van der Waals surface area contributed by atoms with Crippen molar-refractivity contribution in [3.8, 4) is 0 Å². The van der Waals surface area contributed by atoms with Crippen LogP contribution < -0.4 is 9.80 Å². The quantitative estimate of drug-likeness (QED) is 0.436. The second kappa shape index (κ2) is 9.88. The van der Waals surface area contributed by atoms with E-state index in [1.54, 1.807) is 17.0 Å². The summed E-state index contributed by atoms with van der Waals surface area (Å²) < 4.78 is 29.1. The molecule has 0 spiro atoms. The van der Waals surface area contributed by atoms with Crippen molar-refractivity contribution in [1.29, 1.82) is 0 Å². The number of alkyl halides is 2. The van der Waals surface area contributed by atoms with Gasteiger partial charge in [0.05, 0.1) is 22.6 Å². The maximum atomic E-state index is 13.7. The highest BCUT2D eigenvalue weighted by molar-refractivity contribution is 6.34. The molecular formula is C26H33ClF2N4. The number of aryl methyl sites for hydroxylation is 2. The van der Waals surface area contributed by atoms with Gasteiger partial charge in [0.15, 0.2) is 0 Å². The van der Waals surface area contributed by atoms with Gasteiger partial charge in [0.1, 0.15) is 0 Å². The first-order chi connectivity index (χ1) is 15.7. The number of rotatable bonds is 7. The molecule has 0 saturated carbocycles. The third-order valence-electron chi connectivity index (χ3n) is 7.03. The van der Waals surface area contributed by atoms with Crippen molar-refractivity contribution in [3.05, 3.63) is 63.5 Å². The smallest absolute Gasteiger partial charge is 0.260 e. The maximum Gasteiger partial charge on any atom is 0.260 e. The zero-order valence-electron chi connectivity index (χ0n) is 19.9. The second-order valence-electron chi connectivity index (χ2n) is 9.43. The van der Waals surface area contributed by atoms with Crippen LogP contribution in [0, 0.1) is 0 Å². The summed E-state index contributed by atoms with van der Waals surface area (Å²) in [6.45, 7) is 3.93. The first-order valence-electron chi connectivity index (χ1n) is 11.7. The molecule has 0 N–H and O–H groups in total. The van der Waals surface area contributed by atoms with Gasteiger partial charge in [0.25, 0.3) is 6.43 Å². The van der Waals surface area contributed by atoms with Crippen LogP contribution in [0.25, 0.3) is 0 Å². The van der Waals surface area contributed by atoms with Crippen molar-refractivity contribution < 1.29 is 8.78 Å². The monoisotopic (exact) mass is 474 g/mol. The predicted molar refractivity (Wildman–Crippen MR) is 133 cm³/mol. The fourth-order valence-electron chi connectivity index (χ4n) is 5.07. The average molecular weight is 475 g/mol. The van der Waals surface area contributed by atoms with E-state index in [0.29, 0.717) is 6.42 Å². The van der Waals surface area contributed by atoms with Gasteiger partial charge in [-0.15, -0.1) is 0 Å². The lowest BCUT2D eigenvalue weighted by atomic mass is 9.79. The minimum atomic E-state index is -2.45. The van der Waals surface area contributed by atoms with Gasteiger partial charge in [0, 0.05) is 51.9 Å². The van der Waals surface area contributed by atoms with Gasteiger partial charge >= 0.3 is 0 Å².